The van der Waals surface area contributed by atoms with E-state index in [4.69, 9.17) is 25.9 Å². The quantitative estimate of drug-likeness (QED) is 0.0204. The van der Waals surface area contributed by atoms with E-state index in [0.29, 0.717) is 125 Å². The molecule has 1 aliphatic carbocycles. The van der Waals surface area contributed by atoms with Crippen molar-refractivity contribution < 1.29 is 43.0 Å². The Bertz CT molecular complexity index is 2650. The molecule has 1 aliphatic heterocycles. The minimum atomic E-state index is -0.788. The zero-order valence-electron chi connectivity index (χ0n) is 50.3. The topological polar surface area (TPSA) is 275 Å². The number of carboxylic acid groups (broad SMARTS) is 1. The van der Waals surface area contributed by atoms with Crippen molar-refractivity contribution in [3.05, 3.63) is 83.4 Å². The number of amides is 4. The molecule has 4 aromatic rings. The molecule has 1 saturated carbocycles. The van der Waals surface area contributed by atoms with Crippen molar-refractivity contribution in [2.75, 3.05) is 103 Å². The molecule has 4 heterocycles. The van der Waals surface area contributed by atoms with Gasteiger partial charge in [0.2, 0.25) is 23.6 Å². The van der Waals surface area contributed by atoms with Gasteiger partial charge in [-0.25, -0.2) is 9.97 Å². The van der Waals surface area contributed by atoms with Crippen molar-refractivity contribution in [3.8, 4) is 11.6 Å². The fraction of sp³-hybridized carbons (Fsp3) is 0.629. The Morgan fingerprint density at radius 3 is 2.14 bits per heavy atom. The number of anilines is 2. The number of nitrogens with one attached hydrogen (secondary N) is 3. The summed E-state index contributed by atoms with van der Waals surface area (Å²) in [7, 11) is 3.66. The SMILES string of the molecule is COc1ccc(C(=O)N(CC(C)(C)CCn2cc(CCCCCCCCCC(=O)NCC[N+](C)(CCC(=O)NCCN)CCC(=O)NCCN)nn2)c2cccc(C)n2)c(N2CCC(COc3cc([C@@H](CC(=O)O)C4CC4)ccn3)CC2)c1. The molecule has 83 heavy (non-hydrogen) atoms. The Kier molecular flexibility index (Phi) is 26.5. The highest BCUT2D eigenvalue weighted by atomic mass is 16.5. The van der Waals surface area contributed by atoms with Crippen molar-refractivity contribution in [1.29, 1.82) is 0 Å². The third-order valence-corrected chi connectivity index (χ3v) is 16.2. The lowest BCUT2D eigenvalue weighted by Gasteiger charge is -2.36. The largest absolute Gasteiger partial charge is 0.497 e. The van der Waals surface area contributed by atoms with Gasteiger partial charge in [0, 0.05) is 89.0 Å². The summed E-state index contributed by atoms with van der Waals surface area (Å²) in [6.07, 6.45) is 17.6. The lowest BCUT2D eigenvalue weighted by Crippen LogP contribution is -2.52. The number of benzene rings is 1. The fourth-order valence-corrected chi connectivity index (χ4v) is 10.9. The molecule has 2 aliphatic rings. The molecule has 1 aromatic carbocycles. The third-order valence-electron chi connectivity index (χ3n) is 16.2. The van der Waals surface area contributed by atoms with Crippen LogP contribution in [0.15, 0.2) is 60.9 Å². The van der Waals surface area contributed by atoms with Crippen molar-refractivity contribution in [2.24, 2.45) is 28.7 Å². The maximum absolute atomic E-state index is 15.1. The molecular weight excluding hydrogens is 1050 g/mol. The Hall–Kier alpha value is -6.71. The van der Waals surface area contributed by atoms with Crippen LogP contribution < -0.4 is 46.7 Å². The number of rotatable bonds is 39. The van der Waals surface area contributed by atoms with E-state index in [9.17, 15) is 24.3 Å². The number of nitrogens with two attached hydrogens (primary N) is 2. The first kappa shape index (κ1) is 65.4. The predicted octanol–water partition coefficient (Wildman–Crippen LogP) is 6.57. The molecule has 6 rings (SSSR count). The van der Waals surface area contributed by atoms with Crippen LogP contribution in [0, 0.1) is 24.2 Å². The molecule has 4 amide bonds. The Labute approximate surface area is 492 Å². The highest BCUT2D eigenvalue weighted by molar-refractivity contribution is 6.09. The number of hydrogen-bond donors (Lipinski definition) is 6. The van der Waals surface area contributed by atoms with Crippen molar-refractivity contribution in [2.45, 2.75) is 142 Å². The Morgan fingerprint density at radius 1 is 0.831 bits per heavy atom. The smallest absolute Gasteiger partial charge is 0.303 e. The van der Waals surface area contributed by atoms with E-state index < -0.39 is 5.97 Å². The highest BCUT2D eigenvalue weighted by Gasteiger charge is 2.35. The van der Waals surface area contributed by atoms with E-state index in [2.05, 4.69) is 50.0 Å². The molecule has 2 fully saturated rings. The molecule has 0 unspecified atom stereocenters. The summed E-state index contributed by atoms with van der Waals surface area (Å²) in [6.45, 7) is 13.1. The molecule has 1 atom stereocenters. The number of nitrogens with zero attached hydrogens (tertiary/aromatic N) is 8. The second kappa shape index (κ2) is 33.5. The average molecular weight is 1150 g/mol. The van der Waals surface area contributed by atoms with Crippen molar-refractivity contribution >= 4 is 41.1 Å². The number of methoxy groups -OCH3 is 1. The number of aryl methyl sites for hydroxylation is 3. The van der Waals surface area contributed by atoms with Crippen LogP contribution in [-0.2, 0) is 32.1 Å². The maximum atomic E-state index is 15.1. The van der Waals surface area contributed by atoms with Crippen LogP contribution in [-0.4, -0.2) is 157 Å². The Morgan fingerprint density at radius 2 is 1.49 bits per heavy atom. The number of aromatic nitrogens is 5. The molecule has 21 heteroatoms. The first-order valence-corrected chi connectivity index (χ1v) is 30.4. The lowest BCUT2D eigenvalue weighted by molar-refractivity contribution is -0.907. The molecule has 8 N–H and O–H groups in total. The van der Waals surface area contributed by atoms with Gasteiger partial charge in [0.25, 0.3) is 5.91 Å². The minimum absolute atomic E-state index is 0.0229. The zero-order chi connectivity index (χ0) is 59.6. The summed E-state index contributed by atoms with van der Waals surface area (Å²) >= 11 is 0. The van der Waals surface area contributed by atoms with E-state index in [-0.39, 0.29) is 47.3 Å². The van der Waals surface area contributed by atoms with Gasteiger partial charge < -0.3 is 51.4 Å². The molecule has 0 spiro atoms. The van der Waals surface area contributed by atoms with Crippen LogP contribution in [0.4, 0.5) is 11.5 Å². The van der Waals surface area contributed by atoms with Gasteiger partial charge in [-0.3, -0.25) is 33.6 Å². The first-order valence-electron chi connectivity index (χ1n) is 30.4. The molecule has 0 bridgehead atoms. The molecule has 456 valence electrons. The van der Waals surface area contributed by atoms with Crippen LogP contribution >= 0.6 is 0 Å². The number of carbonyl (C=O) groups excluding carboxylic acids is 4. The van der Waals surface area contributed by atoms with Crippen LogP contribution in [0.5, 0.6) is 11.6 Å². The molecular formula is C62H96N13O8+. The zero-order valence-corrected chi connectivity index (χ0v) is 50.3. The summed E-state index contributed by atoms with van der Waals surface area (Å²) in [5.41, 5.74) is 14.9. The average Bonchev–Trinajstić information content (AvgIpc) is 4.25. The van der Waals surface area contributed by atoms with Gasteiger partial charge in [-0.15, -0.1) is 5.10 Å². The number of pyridine rings is 2. The summed E-state index contributed by atoms with van der Waals surface area (Å²) < 4.78 is 14.3. The van der Waals surface area contributed by atoms with Crippen LogP contribution in [0.3, 0.4) is 0 Å². The Balaban J connectivity index is 0.917. The van der Waals surface area contributed by atoms with Crippen molar-refractivity contribution in [1.82, 2.24) is 40.9 Å². The number of ether oxygens (including phenoxy) is 2. The van der Waals surface area contributed by atoms with Crippen LogP contribution in [0.25, 0.3) is 0 Å². The number of carbonyl (C=O) groups is 5. The summed E-state index contributed by atoms with van der Waals surface area (Å²) in [6, 6.07) is 15.3. The third kappa shape index (κ3) is 22.8. The number of piperidine rings is 1. The van der Waals surface area contributed by atoms with E-state index in [1.807, 2.05) is 78.3 Å². The fourth-order valence-electron chi connectivity index (χ4n) is 10.9. The lowest BCUT2D eigenvalue weighted by atomic mass is 9.88. The minimum Gasteiger partial charge on any atom is -0.497 e. The number of carboxylic acids is 1. The predicted molar refractivity (Wildman–Crippen MR) is 322 cm³/mol. The number of likely N-dealkylation sites (N-methyl/N-ethyl adjacent to an activating group) is 1. The van der Waals surface area contributed by atoms with Gasteiger partial charge in [0.1, 0.15) is 11.6 Å². The van der Waals surface area contributed by atoms with Gasteiger partial charge in [-0.1, -0.05) is 57.2 Å². The number of unbranched alkanes of at least 4 members (excludes halogenated alkanes) is 6. The molecule has 0 radical (unpaired) electrons. The highest BCUT2D eigenvalue weighted by Crippen LogP contribution is 2.45. The molecule has 3 aromatic heterocycles. The summed E-state index contributed by atoms with van der Waals surface area (Å²) in [5, 5.41) is 27.2. The van der Waals surface area contributed by atoms with Crippen LogP contribution in [0.1, 0.15) is 150 Å². The van der Waals surface area contributed by atoms with Crippen LogP contribution in [0.2, 0.25) is 0 Å². The van der Waals surface area contributed by atoms with Gasteiger partial charge >= 0.3 is 5.97 Å². The van der Waals surface area contributed by atoms with Crippen molar-refractivity contribution in [3.63, 3.8) is 0 Å². The maximum Gasteiger partial charge on any atom is 0.303 e. The molecule has 21 nitrogen and oxygen atoms in total. The van der Waals surface area contributed by atoms with E-state index in [0.717, 1.165) is 119 Å². The van der Waals surface area contributed by atoms with E-state index in [1.165, 1.54) is 0 Å². The van der Waals surface area contributed by atoms with Gasteiger partial charge in [0.05, 0.1) is 83.2 Å². The normalized spacial score (nSPS) is 14.2. The number of quaternary nitrogens is 1. The van der Waals surface area contributed by atoms with Gasteiger partial charge in [0.15, 0.2) is 0 Å². The second-order valence-corrected chi connectivity index (χ2v) is 23.9. The monoisotopic (exact) mass is 1150 g/mol. The number of hydrogen-bond acceptors (Lipinski definition) is 14. The van der Waals surface area contributed by atoms with E-state index >= 15 is 4.79 Å². The summed E-state index contributed by atoms with van der Waals surface area (Å²) in [4.78, 5) is 77.4. The summed E-state index contributed by atoms with van der Waals surface area (Å²) in [5.74, 6) is 1.41. The van der Waals surface area contributed by atoms with Gasteiger partial charge in [-0.2, -0.15) is 0 Å². The number of aliphatic carboxylic acids is 1. The molecule has 1 saturated heterocycles. The van der Waals surface area contributed by atoms with Gasteiger partial charge in [-0.05, 0) is 117 Å². The standard InChI is InChI=1S/C62H95N13O8/c1-46-14-13-16-55(69-46)74(61(81)52-21-20-51(82-5)41-54(52)72-34-23-47(24-35-72)44-83-59-40-49(22-30-68-59)53(42-60(79)80)48-18-19-48)45-62(2,3)27-36-73-43-50(70-71-73)15-11-9-7-6-8-10-12-17-56(76)67-33-39-75(4,37-25-57(77)65-31-28-63)38-26-58(78)66-32-29-64/h13-14,16,20-22,30,40-41,43,47-48,53H,6-12,15,17-19,23-29,31-39,42,44-45,63-64H2,1-5H3,(H3-,65,66,67,76,77,78,79,80)/p+1/t53-/m0/s1. The second-order valence-electron chi connectivity index (χ2n) is 23.9. The first-order chi connectivity index (χ1) is 40.0. The van der Waals surface area contributed by atoms with E-state index in [1.54, 1.807) is 13.3 Å².